The van der Waals surface area contributed by atoms with Crippen molar-refractivity contribution in [2.45, 2.75) is 10.3 Å². The summed E-state index contributed by atoms with van der Waals surface area (Å²) in [6.45, 7) is 0.522. The Morgan fingerprint density at radius 3 is 2.15 bits per heavy atom. The highest BCUT2D eigenvalue weighted by Crippen LogP contribution is 2.41. The van der Waals surface area contributed by atoms with Gasteiger partial charge in [0.25, 0.3) is 0 Å². The van der Waals surface area contributed by atoms with Crippen molar-refractivity contribution in [2.24, 2.45) is 0 Å². The molecule has 3 aromatic rings. The Hall–Kier alpha value is -1.60. The van der Waals surface area contributed by atoms with Crippen molar-refractivity contribution in [1.29, 1.82) is 0 Å². The van der Waals surface area contributed by atoms with Gasteiger partial charge in [-0.3, -0.25) is 0 Å². The molecule has 0 aliphatic carbocycles. The Balaban J connectivity index is 1.63. The van der Waals surface area contributed by atoms with Crippen molar-refractivity contribution >= 4 is 37.7 Å². The van der Waals surface area contributed by atoms with Gasteiger partial charge in [0.15, 0.2) is 0 Å². The SMILES string of the molecule is O=S(=O)(c1ccc(-c2ccccc2)cc1)N1CCSC1c1ccc(Br)cc1. The molecule has 3 aromatic carbocycles. The molecule has 27 heavy (non-hydrogen) atoms. The summed E-state index contributed by atoms with van der Waals surface area (Å²) < 4.78 is 29.1. The van der Waals surface area contributed by atoms with E-state index < -0.39 is 10.0 Å². The minimum absolute atomic E-state index is 0.183. The standard InChI is InChI=1S/C21H18BrNO2S2/c22-19-10-6-18(7-11-19)21-23(14-15-26-21)27(24,25)20-12-8-17(9-13-20)16-4-2-1-3-5-16/h1-13,21H,14-15H2. The lowest BCUT2D eigenvalue weighted by molar-refractivity contribution is 0.434. The number of hydrogen-bond acceptors (Lipinski definition) is 3. The van der Waals surface area contributed by atoms with Crippen molar-refractivity contribution in [3.05, 3.63) is 88.9 Å². The largest absolute Gasteiger partial charge is 0.244 e. The van der Waals surface area contributed by atoms with E-state index in [1.54, 1.807) is 28.2 Å². The Bertz CT molecular complexity index is 1020. The van der Waals surface area contributed by atoms with E-state index in [-0.39, 0.29) is 5.37 Å². The molecule has 0 spiro atoms. The lowest BCUT2D eigenvalue weighted by Crippen LogP contribution is -2.30. The van der Waals surface area contributed by atoms with Crippen LogP contribution in [0.15, 0.2) is 88.2 Å². The maximum atomic E-state index is 13.2. The highest BCUT2D eigenvalue weighted by Gasteiger charge is 2.36. The van der Waals surface area contributed by atoms with Crippen LogP contribution in [0.4, 0.5) is 0 Å². The third kappa shape index (κ3) is 3.85. The van der Waals surface area contributed by atoms with Crippen molar-refractivity contribution in [3.63, 3.8) is 0 Å². The van der Waals surface area contributed by atoms with Crippen LogP contribution in [0.25, 0.3) is 11.1 Å². The number of sulfonamides is 1. The number of halogens is 1. The fraction of sp³-hybridized carbons (Fsp3) is 0.143. The second kappa shape index (κ2) is 7.80. The van der Waals surface area contributed by atoms with Crippen LogP contribution in [-0.4, -0.2) is 25.0 Å². The molecular weight excluding hydrogens is 442 g/mol. The first kappa shape index (κ1) is 18.7. The molecular formula is C21H18BrNO2S2. The zero-order chi connectivity index (χ0) is 18.9. The highest BCUT2D eigenvalue weighted by atomic mass is 79.9. The van der Waals surface area contributed by atoms with Gasteiger partial charge in [0.1, 0.15) is 0 Å². The van der Waals surface area contributed by atoms with Gasteiger partial charge in [-0.2, -0.15) is 4.31 Å². The van der Waals surface area contributed by atoms with Gasteiger partial charge in [-0.25, -0.2) is 8.42 Å². The summed E-state index contributed by atoms with van der Waals surface area (Å²) in [6, 6.07) is 25.0. The molecule has 6 heteroatoms. The molecule has 1 atom stereocenters. The van der Waals surface area contributed by atoms with Gasteiger partial charge >= 0.3 is 0 Å². The third-order valence-electron chi connectivity index (χ3n) is 4.57. The molecule has 1 heterocycles. The predicted molar refractivity (Wildman–Crippen MR) is 115 cm³/mol. The Labute approximate surface area is 172 Å². The third-order valence-corrected chi connectivity index (χ3v) is 8.37. The molecule has 3 nitrogen and oxygen atoms in total. The van der Waals surface area contributed by atoms with Gasteiger partial charge in [0, 0.05) is 16.8 Å². The van der Waals surface area contributed by atoms with Gasteiger partial charge in [-0.15, -0.1) is 11.8 Å². The number of nitrogens with zero attached hydrogens (tertiary/aromatic N) is 1. The summed E-state index contributed by atoms with van der Waals surface area (Å²) in [6.07, 6.45) is 0. The molecule has 0 radical (unpaired) electrons. The average Bonchev–Trinajstić information content (AvgIpc) is 3.20. The lowest BCUT2D eigenvalue weighted by Gasteiger charge is -2.23. The topological polar surface area (TPSA) is 37.4 Å². The van der Waals surface area contributed by atoms with Gasteiger partial charge in [0.05, 0.1) is 10.3 Å². The fourth-order valence-electron chi connectivity index (χ4n) is 3.18. The summed E-state index contributed by atoms with van der Waals surface area (Å²) in [5.74, 6) is 0.794. The highest BCUT2D eigenvalue weighted by molar-refractivity contribution is 9.10. The Morgan fingerprint density at radius 1 is 0.852 bits per heavy atom. The van der Waals surface area contributed by atoms with Crippen LogP contribution in [0.2, 0.25) is 0 Å². The summed E-state index contributed by atoms with van der Waals surface area (Å²) in [5.41, 5.74) is 3.09. The minimum atomic E-state index is -3.54. The van der Waals surface area contributed by atoms with E-state index in [1.807, 2.05) is 66.7 Å². The van der Waals surface area contributed by atoms with E-state index >= 15 is 0 Å². The molecule has 4 rings (SSSR count). The summed E-state index contributed by atoms with van der Waals surface area (Å²) in [5, 5.41) is -0.183. The van der Waals surface area contributed by atoms with Crippen LogP contribution >= 0.6 is 27.7 Å². The average molecular weight is 460 g/mol. The van der Waals surface area contributed by atoms with Crippen LogP contribution < -0.4 is 0 Å². The van der Waals surface area contributed by atoms with Crippen LogP contribution in [0.1, 0.15) is 10.9 Å². The zero-order valence-electron chi connectivity index (χ0n) is 14.5. The van der Waals surface area contributed by atoms with Crippen molar-refractivity contribution in [3.8, 4) is 11.1 Å². The quantitative estimate of drug-likeness (QED) is 0.512. The zero-order valence-corrected chi connectivity index (χ0v) is 17.7. The molecule has 138 valence electrons. The van der Waals surface area contributed by atoms with Crippen LogP contribution in [0, 0.1) is 0 Å². The molecule has 1 saturated heterocycles. The monoisotopic (exact) mass is 459 g/mol. The molecule has 1 unspecified atom stereocenters. The van der Waals surface area contributed by atoms with E-state index in [2.05, 4.69) is 15.9 Å². The molecule has 0 N–H and O–H groups in total. The first-order chi connectivity index (χ1) is 13.1. The first-order valence-electron chi connectivity index (χ1n) is 8.60. The number of benzene rings is 3. The second-order valence-electron chi connectivity index (χ2n) is 6.28. The van der Waals surface area contributed by atoms with E-state index in [1.165, 1.54) is 0 Å². The summed E-state index contributed by atoms with van der Waals surface area (Å²) >= 11 is 5.10. The molecule has 0 saturated carbocycles. The summed E-state index contributed by atoms with van der Waals surface area (Å²) in [7, 11) is -3.54. The lowest BCUT2D eigenvalue weighted by atomic mass is 10.1. The first-order valence-corrected chi connectivity index (χ1v) is 11.9. The maximum absolute atomic E-state index is 13.2. The Kier molecular flexibility index (Phi) is 5.41. The van der Waals surface area contributed by atoms with E-state index in [9.17, 15) is 8.42 Å². The Morgan fingerprint density at radius 2 is 1.48 bits per heavy atom. The number of thioether (sulfide) groups is 1. The molecule has 1 aliphatic rings. The predicted octanol–water partition coefficient (Wildman–Crippen LogP) is 5.55. The normalized spacial score (nSPS) is 17.9. The smallest absolute Gasteiger partial charge is 0.207 e. The van der Waals surface area contributed by atoms with Crippen molar-refractivity contribution < 1.29 is 8.42 Å². The van der Waals surface area contributed by atoms with Crippen molar-refractivity contribution in [2.75, 3.05) is 12.3 Å². The molecule has 0 amide bonds. The number of rotatable bonds is 4. The van der Waals surface area contributed by atoms with E-state index in [0.29, 0.717) is 11.4 Å². The molecule has 0 bridgehead atoms. The van der Waals surface area contributed by atoms with Crippen LogP contribution in [-0.2, 0) is 10.0 Å². The fourth-order valence-corrected chi connectivity index (χ4v) is 6.68. The van der Waals surface area contributed by atoms with Gasteiger partial charge < -0.3 is 0 Å². The van der Waals surface area contributed by atoms with Gasteiger partial charge in [-0.05, 0) is 41.0 Å². The molecule has 1 aliphatic heterocycles. The van der Waals surface area contributed by atoms with E-state index in [0.717, 1.165) is 26.9 Å². The van der Waals surface area contributed by atoms with Crippen LogP contribution in [0.5, 0.6) is 0 Å². The second-order valence-corrected chi connectivity index (χ2v) is 10.3. The minimum Gasteiger partial charge on any atom is -0.207 e. The maximum Gasteiger partial charge on any atom is 0.244 e. The number of hydrogen-bond donors (Lipinski definition) is 0. The van der Waals surface area contributed by atoms with Gasteiger partial charge in [-0.1, -0.05) is 70.5 Å². The molecule has 1 fully saturated rings. The molecule has 0 aromatic heterocycles. The van der Waals surface area contributed by atoms with Crippen molar-refractivity contribution in [1.82, 2.24) is 4.31 Å². The van der Waals surface area contributed by atoms with E-state index in [4.69, 9.17) is 0 Å². The van der Waals surface area contributed by atoms with Crippen LogP contribution in [0.3, 0.4) is 0 Å². The summed E-state index contributed by atoms with van der Waals surface area (Å²) in [4.78, 5) is 0.340. The van der Waals surface area contributed by atoms with Gasteiger partial charge in [0.2, 0.25) is 10.0 Å².